The maximum Gasteiger partial charge on any atom is 0.315 e. The number of nitrogens with one attached hydrogen (secondary N) is 2. The first-order valence-electron chi connectivity index (χ1n) is 10.0. The van der Waals surface area contributed by atoms with E-state index in [2.05, 4.69) is 20.6 Å². The van der Waals surface area contributed by atoms with Crippen molar-refractivity contribution in [2.75, 3.05) is 0 Å². The minimum atomic E-state index is -0.0207. The zero-order valence-electron chi connectivity index (χ0n) is 15.7. The lowest BCUT2D eigenvalue weighted by Gasteiger charge is -2.56. The van der Waals surface area contributed by atoms with Gasteiger partial charge in [-0.15, -0.1) is 11.3 Å². The molecule has 0 aliphatic heterocycles. The molecule has 0 spiro atoms. The molecule has 0 aromatic carbocycles. The van der Waals surface area contributed by atoms with Crippen LogP contribution in [0.1, 0.15) is 49.1 Å². The fourth-order valence-corrected chi connectivity index (χ4v) is 6.91. The number of hydrogen-bond acceptors (Lipinski definition) is 4. The molecular weight excluding hydrogens is 356 g/mol. The van der Waals surface area contributed by atoms with E-state index in [1.165, 1.54) is 38.5 Å². The number of aromatic nitrogens is 2. The van der Waals surface area contributed by atoms with Crippen LogP contribution in [0.25, 0.3) is 10.6 Å². The lowest BCUT2D eigenvalue weighted by Crippen LogP contribution is -2.61. The largest absolute Gasteiger partial charge is 0.333 e. The van der Waals surface area contributed by atoms with Crippen molar-refractivity contribution in [1.29, 1.82) is 0 Å². The lowest BCUT2D eigenvalue weighted by molar-refractivity contribution is -0.0135. The van der Waals surface area contributed by atoms with E-state index < -0.39 is 0 Å². The van der Waals surface area contributed by atoms with Gasteiger partial charge in [0.25, 0.3) is 0 Å². The molecule has 27 heavy (non-hydrogen) atoms. The highest BCUT2D eigenvalue weighted by molar-refractivity contribution is 7.15. The number of thiazole rings is 1. The zero-order valence-corrected chi connectivity index (χ0v) is 16.5. The summed E-state index contributed by atoms with van der Waals surface area (Å²) in [6.07, 6.45) is 11.3. The molecule has 4 fully saturated rings. The highest BCUT2D eigenvalue weighted by Crippen LogP contribution is 2.55. The van der Waals surface area contributed by atoms with Crippen LogP contribution >= 0.6 is 11.3 Å². The fraction of sp³-hybridized carbons (Fsp3) is 0.571. The van der Waals surface area contributed by atoms with Crippen LogP contribution in [0.15, 0.2) is 24.5 Å². The molecule has 0 unspecified atom stereocenters. The molecule has 4 saturated carbocycles. The van der Waals surface area contributed by atoms with E-state index in [9.17, 15) is 4.79 Å². The van der Waals surface area contributed by atoms with E-state index >= 15 is 0 Å². The van der Waals surface area contributed by atoms with Gasteiger partial charge in [0.1, 0.15) is 5.01 Å². The Morgan fingerprint density at radius 1 is 1.22 bits per heavy atom. The quantitative estimate of drug-likeness (QED) is 0.829. The summed E-state index contributed by atoms with van der Waals surface area (Å²) < 4.78 is 0. The molecule has 4 aliphatic carbocycles. The van der Waals surface area contributed by atoms with Crippen molar-refractivity contribution in [1.82, 2.24) is 20.6 Å². The predicted molar refractivity (Wildman–Crippen MR) is 106 cm³/mol. The number of rotatable bonds is 4. The van der Waals surface area contributed by atoms with Gasteiger partial charge in [0.2, 0.25) is 0 Å². The van der Waals surface area contributed by atoms with Crippen molar-refractivity contribution in [2.45, 2.75) is 57.5 Å². The van der Waals surface area contributed by atoms with E-state index in [0.29, 0.717) is 6.54 Å². The van der Waals surface area contributed by atoms with Crippen LogP contribution in [0.4, 0.5) is 4.79 Å². The number of carbonyl (C=O) groups is 1. The van der Waals surface area contributed by atoms with Crippen LogP contribution in [0, 0.1) is 24.7 Å². The molecule has 4 bridgehead atoms. The standard InChI is InChI=1S/C21H26N4OS/c1-13-18(27-19(24-13)17-3-2-4-22-11-17)12-23-20(26)25-21-8-14-5-15(9-21)7-16(6-14)10-21/h2-4,11,14-16H,5-10,12H2,1H3,(H2,23,25,26). The minimum Gasteiger partial charge on any atom is -0.333 e. The third-order valence-corrected chi connectivity index (χ3v) is 7.83. The molecule has 6 heteroatoms. The molecule has 142 valence electrons. The molecule has 4 aliphatic rings. The second-order valence-corrected chi connectivity index (χ2v) is 9.86. The number of nitrogens with zero attached hydrogens (tertiary/aromatic N) is 2. The Bertz CT molecular complexity index is 812. The van der Waals surface area contributed by atoms with Gasteiger partial charge in [-0.2, -0.15) is 0 Å². The molecule has 2 aromatic heterocycles. The Labute approximate surface area is 164 Å². The highest BCUT2D eigenvalue weighted by Gasteiger charge is 2.51. The monoisotopic (exact) mass is 382 g/mol. The van der Waals surface area contributed by atoms with Gasteiger partial charge in [0.15, 0.2) is 0 Å². The molecule has 5 nitrogen and oxygen atoms in total. The summed E-state index contributed by atoms with van der Waals surface area (Å²) >= 11 is 1.63. The Hall–Kier alpha value is -1.95. The lowest BCUT2D eigenvalue weighted by atomic mass is 9.53. The van der Waals surface area contributed by atoms with Crippen molar-refractivity contribution in [3.05, 3.63) is 35.1 Å². The number of aryl methyl sites for hydroxylation is 1. The number of amides is 2. The second kappa shape index (κ2) is 6.59. The fourth-order valence-electron chi connectivity index (χ4n) is 5.91. The van der Waals surface area contributed by atoms with Gasteiger partial charge in [0, 0.05) is 28.4 Å². The number of hydrogen-bond donors (Lipinski definition) is 2. The summed E-state index contributed by atoms with van der Waals surface area (Å²) in [6.45, 7) is 2.53. The molecule has 0 atom stereocenters. The zero-order chi connectivity index (χ0) is 18.4. The SMILES string of the molecule is Cc1nc(-c2cccnc2)sc1CNC(=O)NC12CC3CC(CC(C3)C1)C2. The Morgan fingerprint density at radius 3 is 2.56 bits per heavy atom. The van der Waals surface area contributed by atoms with E-state index in [4.69, 9.17) is 0 Å². The summed E-state index contributed by atoms with van der Waals surface area (Å²) in [5, 5.41) is 7.42. The van der Waals surface area contributed by atoms with E-state index in [0.717, 1.165) is 38.9 Å². The Morgan fingerprint density at radius 2 is 1.93 bits per heavy atom. The van der Waals surface area contributed by atoms with Gasteiger partial charge in [-0.05, 0) is 75.3 Å². The molecule has 2 aromatic rings. The van der Waals surface area contributed by atoms with Gasteiger partial charge < -0.3 is 10.6 Å². The predicted octanol–water partition coefficient (Wildman–Crippen LogP) is 4.28. The molecular formula is C21H26N4OS. The van der Waals surface area contributed by atoms with Crippen LogP contribution in [0.3, 0.4) is 0 Å². The van der Waals surface area contributed by atoms with Crippen molar-refractivity contribution in [2.24, 2.45) is 17.8 Å². The first-order valence-corrected chi connectivity index (χ1v) is 10.8. The Balaban J connectivity index is 1.22. The van der Waals surface area contributed by atoms with Crippen LogP contribution in [-0.4, -0.2) is 21.5 Å². The first kappa shape index (κ1) is 17.2. The molecule has 2 N–H and O–H groups in total. The third kappa shape index (κ3) is 3.35. The second-order valence-electron chi connectivity index (χ2n) is 8.77. The minimum absolute atomic E-state index is 0.0207. The smallest absolute Gasteiger partial charge is 0.315 e. The van der Waals surface area contributed by atoms with E-state index in [1.807, 2.05) is 25.3 Å². The topological polar surface area (TPSA) is 66.9 Å². The van der Waals surface area contributed by atoms with Gasteiger partial charge in [-0.3, -0.25) is 4.98 Å². The third-order valence-electron chi connectivity index (χ3n) is 6.63. The average molecular weight is 383 g/mol. The molecule has 6 rings (SSSR count). The van der Waals surface area contributed by atoms with Crippen LogP contribution in [0.2, 0.25) is 0 Å². The van der Waals surface area contributed by atoms with E-state index in [-0.39, 0.29) is 11.6 Å². The van der Waals surface area contributed by atoms with Crippen molar-refractivity contribution in [3.8, 4) is 10.6 Å². The van der Waals surface area contributed by atoms with E-state index in [1.54, 1.807) is 17.5 Å². The molecule has 0 radical (unpaired) electrons. The Kier molecular flexibility index (Phi) is 4.19. The summed E-state index contributed by atoms with van der Waals surface area (Å²) in [5.74, 6) is 2.51. The summed E-state index contributed by atoms with van der Waals surface area (Å²) in [4.78, 5) is 22.6. The number of pyridine rings is 1. The van der Waals surface area contributed by atoms with Gasteiger partial charge >= 0.3 is 6.03 Å². The number of carbonyl (C=O) groups excluding carboxylic acids is 1. The van der Waals surface area contributed by atoms with Crippen LogP contribution < -0.4 is 10.6 Å². The summed E-state index contributed by atoms with van der Waals surface area (Å²) in [5.41, 5.74) is 2.06. The maximum atomic E-state index is 12.6. The average Bonchev–Trinajstić information content (AvgIpc) is 3.00. The molecule has 2 heterocycles. The van der Waals surface area contributed by atoms with Crippen LogP contribution in [0.5, 0.6) is 0 Å². The van der Waals surface area contributed by atoms with Crippen molar-refractivity contribution >= 4 is 17.4 Å². The van der Waals surface area contributed by atoms with Gasteiger partial charge in [-0.1, -0.05) is 0 Å². The van der Waals surface area contributed by atoms with Gasteiger partial charge in [0.05, 0.1) is 12.2 Å². The van der Waals surface area contributed by atoms with Crippen LogP contribution in [-0.2, 0) is 6.54 Å². The molecule has 2 amide bonds. The first-order chi connectivity index (χ1) is 13.1. The number of urea groups is 1. The van der Waals surface area contributed by atoms with Gasteiger partial charge in [-0.25, -0.2) is 9.78 Å². The summed E-state index contributed by atoms with van der Waals surface area (Å²) in [7, 11) is 0. The van der Waals surface area contributed by atoms with Crippen molar-refractivity contribution in [3.63, 3.8) is 0 Å². The van der Waals surface area contributed by atoms with Crippen molar-refractivity contribution < 1.29 is 4.79 Å². The normalized spacial score (nSPS) is 31.1. The summed E-state index contributed by atoms with van der Waals surface area (Å²) in [6, 6.07) is 3.91. The maximum absolute atomic E-state index is 12.6. The molecule has 0 saturated heterocycles. The highest BCUT2D eigenvalue weighted by atomic mass is 32.1.